The summed E-state index contributed by atoms with van der Waals surface area (Å²) in [6, 6.07) is 27.6. The van der Waals surface area contributed by atoms with E-state index in [9.17, 15) is 9.59 Å². The third kappa shape index (κ3) is 6.21. The lowest BCUT2D eigenvalue weighted by Gasteiger charge is -2.35. The molecule has 33 heavy (non-hydrogen) atoms. The Labute approximate surface area is 200 Å². The van der Waals surface area contributed by atoms with E-state index in [0.717, 1.165) is 11.1 Å². The van der Waals surface area contributed by atoms with E-state index in [-0.39, 0.29) is 24.3 Å². The predicted molar refractivity (Wildman–Crippen MR) is 132 cm³/mol. The zero-order valence-electron chi connectivity index (χ0n) is 18.5. The Morgan fingerprint density at radius 2 is 1.33 bits per heavy atom. The van der Waals surface area contributed by atoms with E-state index in [1.54, 1.807) is 12.1 Å². The number of carbonyl (C=O) groups excluding carboxylic acids is 2. The van der Waals surface area contributed by atoms with Crippen molar-refractivity contribution in [3.8, 4) is 0 Å². The molecule has 0 atom stereocenters. The molecule has 170 valence electrons. The first-order valence-corrected chi connectivity index (χ1v) is 11.6. The van der Waals surface area contributed by atoms with E-state index < -0.39 is 0 Å². The molecule has 1 saturated heterocycles. The minimum atomic E-state index is -0.101. The smallest absolute Gasteiger partial charge is 0.238 e. The van der Waals surface area contributed by atoms with Gasteiger partial charge in [0.25, 0.3) is 0 Å². The first kappa shape index (κ1) is 23.0. The van der Waals surface area contributed by atoms with Gasteiger partial charge in [0.15, 0.2) is 0 Å². The highest BCUT2D eigenvalue weighted by molar-refractivity contribution is 6.33. The molecule has 3 aromatic carbocycles. The normalized spacial score (nSPS) is 14.3. The maximum Gasteiger partial charge on any atom is 0.238 e. The number of nitrogens with zero attached hydrogens (tertiary/aromatic N) is 2. The van der Waals surface area contributed by atoms with Gasteiger partial charge >= 0.3 is 0 Å². The van der Waals surface area contributed by atoms with Gasteiger partial charge < -0.3 is 10.2 Å². The Bertz CT molecular complexity index is 1030. The van der Waals surface area contributed by atoms with E-state index in [4.69, 9.17) is 11.6 Å². The number of anilines is 1. The van der Waals surface area contributed by atoms with Crippen LogP contribution in [0.25, 0.3) is 0 Å². The van der Waals surface area contributed by atoms with Gasteiger partial charge in [-0.3, -0.25) is 14.5 Å². The third-order valence-corrected chi connectivity index (χ3v) is 6.35. The Balaban J connectivity index is 1.32. The first-order valence-electron chi connectivity index (χ1n) is 11.2. The van der Waals surface area contributed by atoms with Crippen LogP contribution in [0.15, 0.2) is 84.9 Å². The van der Waals surface area contributed by atoms with Crippen LogP contribution in [0.2, 0.25) is 5.02 Å². The molecule has 0 saturated carbocycles. The number of hydrogen-bond donors (Lipinski definition) is 1. The number of hydrogen-bond acceptors (Lipinski definition) is 3. The molecule has 6 heteroatoms. The van der Waals surface area contributed by atoms with Crippen molar-refractivity contribution < 1.29 is 9.59 Å². The fraction of sp³-hybridized carbons (Fsp3) is 0.259. The monoisotopic (exact) mass is 461 g/mol. The van der Waals surface area contributed by atoms with Crippen LogP contribution in [0.5, 0.6) is 0 Å². The Kier molecular flexibility index (Phi) is 7.76. The van der Waals surface area contributed by atoms with Crippen molar-refractivity contribution in [3.63, 3.8) is 0 Å². The van der Waals surface area contributed by atoms with Crippen molar-refractivity contribution >= 4 is 29.1 Å². The van der Waals surface area contributed by atoms with Gasteiger partial charge in [-0.1, -0.05) is 84.4 Å². The van der Waals surface area contributed by atoms with E-state index >= 15 is 0 Å². The molecule has 1 aliphatic rings. The largest absolute Gasteiger partial charge is 0.340 e. The second-order valence-corrected chi connectivity index (χ2v) is 8.67. The lowest BCUT2D eigenvalue weighted by molar-refractivity contribution is -0.133. The summed E-state index contributed by atoms with van der Waals surface area (Å²) in [5, 5.41) is 3.38. The third-order valence-electron chi connectivity index (χ3n) is 6.02. The molecule has 0 radical (unpaired) electrons. The standard InChI is InChI=1S/C27H28ClN3O2/c28-24-13-7-8-14-25(24)29-26(32)20-30-15-17-31(18-16-30)27(33)19-23(21-9-3-1-4-10-21)22-11-5-2-6-12-22/h1-14,23H,15-20H2,(H,29,32). The highest BCUT2D eigenvalue weighted by Crippen LogP contribution is 2.29. The molecule has 2 amide bonds. The summed E-state index contributed by atoms with van der Waals surface area (Å²) in [4.78, 5) is 29.6. The highest BCUT2D eigenvalue weighted by atomic mass is 35.5. The van der Waals surface area contributed by atoms with Crippen molar-refractivity contribution in [1.82, 2.24) is 9.80 Å². The lowest BCUT2D eigenvalue weighted by atomic mass is 9.88. The first-order chi connectivity index (χ1) is 16.1. The summed E-state index contributed by atoms with van der Waals surface area (Å²) in [5.74, 6) is 0.0725. The van der Waals surface area contributed by atoms with Crippen molar-refractivity contribution in [2.45, 2.75) is 12.3 Å². The van der Waals surface area contributed by atoms with E-state index in [0.29, 0.717) is 43.3 Å². The van der Waals surface area contributed by atoms with Crippen molar-refractivity contribution in [2.75, 3.05) is 38.0 Å². The van der Waals surface area contributed by atoms with Gasteiger partial charge in [0.1, 0.15) is 0 Å². The van der Waals surface area contributed by atoms with E-state index in [1.807, 2.05) is 53.4 Å². The summed E-state index contributed by atoms with van der Waals surface area (Å²) >= 11 is 6.12. The molecule has 0 aromatic heterocycles. The van der Waals surface area contributed by atoms with Crippen molar-refractivity contribution in [2.24, 2.45) is 0 Å². The number of rotatable bonds is 7. The second kappa shape index (κ2) is 11.1. The van der Waals surface area contributed by atoms with Crippen LogP contribution in [-0.4, -0.2) is 54.3 Å². The van der Waals surface area contributed by atoms with E-state index in [2.05, 4.69) is 34.5 Å². The topological polar surface area (TPSA) is 52.7 Å². The molecule has 3 aromatic rings. The van der Waals surface area contributed by atoms with Crippen LogP contribution in [0.1, 0.15) is 23.5 Å². The van der Waals surface area contributed by atoms with Gasteiger partial charge in [0.2, 0.25) is 11.8 Å². The Hall–Kier alpha value is -3.15. The molecule has 0 unspecified atom stereocenters. The number of nitrogens with one attached hydrogen (secondary N) is 1. The molecule has 0 bridgehead atoms. The average molecular weight is 462 g/mol. The molecule has 5 nitrogen and oxygen atoms in total. The summed E-state index contributed by atoms with van der Waals surface area (Å²) in [5.41, 5.74) is 2.91. The number of amides is 2. The van der Waals surface area contributed by atoms with Gasteiger partial charge in [-0.05, 0) is 23.3 Å². The fourth-order valence-corrected chi connectivity index (χ4v) is 4.40. The molecule has 4 rings (SSSR count). The number of carbonyl (C=O) groups is 2. The Morgan fingerprint density at radius 1 is 0.788 bits per heavy atom. The molecule has 0 aliphatic carbocycles. The number of piperazine rings is 1. The second-order valence-electron chi connectivity index (χ2n) is 8.26. The predicted octanol–water partition coefficient (Wildman–Crippen LogP) is 4.64. The summed E-state index contributed by atoms with van der Waals surface area (Å²) in [7, 11) is 0. The molecule has 1 aliphatic heterocycles. The Morgan fingerprint density at radius 3 is 1.91 bits per heavy atom. The van der Waals surface area contributed by atoms with Crippen molar-refractivity contribution in [3.05, 3.63) is 101 Å². The average Bonchev–Trinajstić information content (AvgIpc) is 2.85. The molecular weight excluding hydrogens is 434 g/mol. The molecule has 1 heterocycles. The van der Waals surface area contributed by atoms with Crippen LogP contribution >= 0.6 is 11.6 Å². The quantitative estimate of drug-likeness (QED) is 0.557. The molecular formula is C27H28ClN3O2. The molecule has 1 fully saturated rings. The summed E-state index contributed by atoms with van der Waals surface area (Å²) < 4.78 is 0. The maximum absolute atomic E-state index is 13.2. The van der Waals surface area contributed by atoms with Gasteiger partial charge in [-0.25, -0.2) is 0 Å². The molecule has 1 N–H and O–H groups in total. The molecule has 0 spiro atoms. The number of benzene rings is 3. The SMILES string of the molecule is O=C(CN1CCN(C(=O)CC(c2ccccc2)c2ccccc2)CC1)Nc1ccccc1Cl. The van der Waals surface area contributed by atoms with Crippen LogP contribution in [0.4, 0.5) is 5.69 Å². The highest BCUT2D eigenvalue weighted by Gasteiger charge is 2.26. The van der Waals surface area contributed by atoms with Gasteiger partial charge in [-0.2, -0.15) is 0 Å². The van der Waals surface area contributed by atoms with Gasteiger partial charge in [-0.15, -0.1) is 0 Å². The summed E-state index contributed by atoms with van der Waals surface area (Å²) in [6.07, 6.45) is 0.432. The van der Waals surface area contributed by atoms with Gasteiger partial charge in [0, 0.05) is 38.5 Å². The fourth-order valence-electron chi connectivity index (χ4n) is 4.21. The van der Waals surface area contributed by atoms with Crippen LogP contribution in [0, 0.1) is 0 Å². The summed E-state index contributed by atoms with van der Waals surface area (Å²) in [6.45, 7) is 2.86. The lowest BCUT2D eigenvalue weighted by Crippen LogP contribution is -2.50. The van der Waals surface area contributed by atoms with Crippen LogP contribution in [0.3, 0.4) is 0 Å². The van der Waals surface area contributed by atoms with E-state index in [1.165, 1.54) is 0 Å². The zero-order chi connectivity index (χ0) is 23.0. The van der Waals surface area contributed by atoms with Gasteiger partial charge in [0.05, 0.1) is 17.3 Å². The zero-order valence-corrected chi connectivity index (χ0v) is 19.2. The van der Waals surface area contributed by atoms with Crippen LogP contribution < -0.4 is 5.32 Å². The minimum absolute atomic E-state index is 0.0272. The minimum Gasteiger partial charge on any atom is -0.340 e. The van der Waals surface area contributed by atoms with Crippen LogP contribution in [-0.2, 0) is 9.59 Å². The number of halogens is 1. The maximum atomic E-state index is 13.2. The number of para-hydroxylation sites is 1. The van der Waals surface area contributed by atoms with Crippen molar-refractivity contribution in [1.29, 1.82) is 0 Å².